The van der Waals surface area contributed by atoms with E-state index in [4.69, 9.17) is 20.1 Å². The van der Waals surface area contributed by atoms with Gasteiger partial charge in [0.15, 0.2) is 0 Å². The molecule has 23 heavy (non-hydrogen) atoms. The Labute approximate surface area is 139 Å². The largest absolute Gasteiger partial charge is 0.465 e. The molecule has 0 aliphatic carbocycles. The van der Waals surface area contributed by atoms with Crippen molar-refractivity contribution in [3.8, 4) is 0 Å². The second-order valence-electron chi connectivity index (χ2n) is 5.61. The van der Waals surface area contributed by atoms with Gasteiger partial charge in [0.25, 0.3) is 0 Å². The van der Waals surface area contributed by atoms with Gasteiger partial charge < -0.3 is 20.1 Å². The number of hydrogen-bond acceptors (Lipinski definition) is 7. The Hall–Kier alpha value is -0.730. The van der Waals surface area contributed by atoms with Gasteiger partial charge in [0.1, 0.15) is 6.61 Å². The molecule has 0 heterocycles. The van der Waals surface area contributed by atoms with Crippen molar-refractivity contribution in [3.63, 3.8) is 0 Å². The Morgan fingerprint density at radius 3 is 1.57 bits per heavy atom. The van der Waals surface area contributed by atoms with Crippen molar-refractivity contribution in [2.45, 2.75) is 32.6 Å². The second kappa shape index (κ2) is 16.1. The van der Waals surface area contributed by atoms with E-state index >= 15 is 0 Å². The molecule has 0 unspecified atom stereocenters. The van der Waals surface area contributed by atoms with E-state index < -0.39 is 0 Å². The van der Waals surface area contributed by atoms with Crippen molar-refractivity contribution >= 4 is 5.97 Å². The molecule has 0 saturated carbocycles. The van der Waals surface area contributed by atoms with Crippen LogP contribution in [0.15, 0.2) is 0 Å². The predicted octanol–water partition coefficient (Wildman–Crippen LogP) is -0.309. The van der Waals surface area contributed by atoms with Crippen LogP contribution in [0.1, 0.15) is 32.6 Å². The number of nitrogens with zero attached hydrogens (tertiary/aromatic N) is 2. The van der Waals surface area contributed by atoms with Crippen LogP contribution in [0.3, 0.4) is 0 Å². The fourth-order valence-corrected chi connectivity index (χ4v) is 2.44. The molecule has 0 aliphatic rings. The van der Waals surface area contributed by atoms with E-state index in [1.807, 2.05) is 0 Å². The number of carbonyl (C=O) groups excluding carboxylic acids is 1. The molecule has 7 heteroatoms. The van der Waals surface area contributed by atoms with Crippen molar-refractivity contribution in [2.75, 3.05) is 65.7 Å². The molecule has 7 nitrogen and oxygen atoms in total. The van der Waals surface area contributed by atoms with Crippen LogP contribution < -0.4 is 0 Å². The predicted molar refractivity (Wildman–Crippen MR) is 89.2 cm³/mol. The van der Waals surface area contributed by atoms with Crippen LogP contribution in [-0.2, 0) is 9.53 Å². The first-order valence-electron chi connectivity index (χ1n) is 8.54. The minimum Gasteiger partial charge on any atom is -0.465 e. The van der Waals surface area contributed by atoms with Crippen molar-refractivity contribution in [3.05, 3.63) is 0 Å². The molecule has 0 amide bonds. The van der Waals surface area contributed by atoms with Crippen LogP contribution in [0.2, 0.25) is 0 Å². The highest BCUT2D eigenvalue weighted by Gasteiger charge is 2.06. The fourth-order valence-electron chi connectivity index (χ4n) is 2.44. The molecule has 0 spiro atoms. The van der Waals surface area contributed by atoms with E-state index in [2.05, 4.69) is 9.80 Å². The first-order chi connectivity index (χ1) is 11.1. The molecule has 0 saturated heterocycles. The molecule has 0 radical (unpaired) electrons. The van der Waals surface area contributed by atoms with Gasteiger partial charge in [-0.1, -0.05) is 12.8 Å². The molecule has 0 aromatic heterocycles. The maximum atomic E-state index is 10.7. The average molecular weight is 334 g/mol. The number of unbranched alkanes of at least 4 members (excludes halogenated alkanes) is 3. The van der Waals surface area contributed by atoms with Crippen LogP contribution in [0.4, 0.5) is 0 Å². The van der Waals surface area contributed by atoms with Gasteiger partial charge in [0.2, 0.25) is 0 Å². The van der Waals surface area contributed by atoms with Crippen molar-refractivity contribution in [1.29, 1.82) is 0 Å². The van der Waals surface area contributed by atoms with Crippen LogP contribution >= 0.6 is 0 Å². The molecule has 138 valence electrons. The minimum atomic E-state index is -0.274. The number of aliphatic hydroxyl groups is 3. The Morgan fingerprint density at radius 2 is 1.17 bits per heavy atom. The lowest BCUT2D eigenvalue weighted by atomic mass is 10.1. The lowest BCUT2D eigenvalue weighted by Crippen LogP contribution is -2.32. The molecule has 0 bridgehead atoms. The van der Waals surface area contributed by atoms with Gasteiger partial charge in [-0.2, -0.15) is 0 Å². The Kier molecular flexibility index (Phi) is 15.6. The number of aliphatic hydroxyl groups excluding tert-OH is 3. The summed E-state index contributed by atoms with van der Waals surface area (Å²) in [5.74, 6) is -0.274. The van der Waals surface area contributed by atoms with Crippen LogP contribution in [-0.4, -0.2) is 96.8 Å². The maximum Gasteiger partial charge on any atom is 0.302 e. The van der Waals surface area contributed by atoms with Gasteiger partial charge in [-0.15, -0.1) is 0 Å². The summed E-state index contributed by atoms with van der Waals surface area (Å²) < 4.78 is 4.93. The summed E-state index contributed by atoms with van der Waals surface area (Å²) in [6, 6.07) is 0. The molecule has 0 atom stereocenters. The fraction of sp³-hybridized carbons (Fsp3) is 0.938. The monoisotopic (exact) mass is 334 g/mol. The van der Waals surface area contributed by atoms with E-state index in [9.17, 15) is 4.79 Å². The highest BCUT2D eigenvalue weighted by molar-refractivity contribution is 5.65. The number of rotatable bonds is 16. The lowest BCUT2D eigenvalue weighted by Gasteiger charge is -2.21. The summed E-state index contributed by atoms with van der Waals surface area (Å²) in [5, 5.41) is 26.9. The third kappa shape index (κ3) is 14.6. The molecule has 0 aliphatic heterocycles. The van der Waals surface area contributed by atoms with E-state index in [1.54, 1.807) is 0 Å². The quantitative estimate of drug-likeness (QED) is 0.263. The van der Waals surface area contributed by atoms with Crippen molar-refractivity contribution in [1.82, 2.24) is 9.80 Å². The first-order valence-corrected chi connectivity index (χ1v) is 8.54. The lowest BCUT2D eigenvalue weighted by molar-refractivity contribution is -0.141. The number of hydrogen-bond donors (Lipinski definition) is 3. The summed E-state index contributed by atoms with van der Waals surface area (Å²) in [6.45, 7) is 6.38. The van der Waals surface area contributed by atoms with Gasteiger partial charge in [0.05, 0.1) is 19.8 Å². The highest BCUT2D eigenvalue weighted by Crippen LogP contribution is 2.04. The topological polar surface area (TPSA) is 93.5 Å². The zero-order valence-corrected chi connectivity index (χ0v) is 14.5. The number of carbonyl (C=O) groups is 1. The third-order valence-corrected chi connectivity index (χ3v) is 3.66. The maximum absolute atomic E-state index is 10.7. The van der Waals surface area contributed by atoms with Gasteiger partial charge in [-0.05, 0) is 25.9 Å². The normalized spacial score (nSPS) is 11.4. The zero-order chi connectivity index (χ0) is 17.3. The Balaban J connectivity index is 3.69. The molecule has 0 rings (SSSR count). The third-order valence-electron chi connectivity index (χ3n) is 3.66. The van der Waals surface area contributed by atoms with Crippen LogP contribution in [0.25, 0.3) is 0 Å². The molecule has 3 N–H and O–H groups in total. The van der Waals surface area contributed by atoms with Crippen LogP contribution in [0.5, 0.6) is 0 Å². The van der Waals surface area contributed by atoms with E-state index in [0.717, 1.165) is 38.8 Å². The zero-order valence-electron chi connectivity index (χ0n) is 14.5. The highest BCUT2D eigenvalue weighted by atomic mass is 16.5. The minimum absolute atomic E-state index is 0.108. The molecular weight excluding hydrogens is 300 g/mol. The van der Waals surface area contributed by atoms with Gasteiger partial charge in [0, 0.05) is 33.1 Å². The second-order valence-corrected chi connectivity index (χ2v) is 5.61. The molecule has 0 aromatic rings. The van der Waals surface area contributed by atoms with E-state index in [0.29, 0.717) is 32.8 Å². The summed E-state index contributed by atoms with van der Waals surface area (Å²) in [4.78, 5) is 14.9. The van der Waals surface area contributed by atoms with Gasteiger partial charge in [-0.3, -0.25) is 14.6 Å². The molecule has 0 aromatic carbocycles. The Bertz CT molecular complexity index is 273. The Morgan fingerprint density at radius 1 is 0.739 bits per heavy atom. The summed E-state index contributed by atoms with van der Waals surface area (Å²) >= 11 is 0. The van der Waals surface area contributed by atoms with Crippen LogP contribution in [0, 0.1) is 0 Å². The van der Waals surface area contributed by atoms with Crippen molar-refractivity contribution in [2.24, 2.45) is 0 Å². The van der Waals surface area contributed by atoms with E-state index in [-0.39, 0.29) is 25.8 Å². The smallest absolute Gasteiger partial charge is 0.302 e. The van der Waals surface area contributed by atoms with Gasteiger partial charge >= 0.3 is 5.97 Å². The summed E-state index contributed by atoms with van der Waals surface area (Å²) in [6.07, 6.45) is 4.29. The number of esters is 1. The number of ether oxygens (including phenoxy) is 1. The van der Waals surface area contributed by atoms with Gasteiger partial charge in [-0.25, -0.2) is 0 Å². The van der Waals surface area contributed by atoms with E-state index in [1.165, 1.54) is 6.92 Å². The summed E-state index contributed by atoms with van der Waals surface area (Å²) in [5.41, 5.74) is 0. The average Bonchev–Trinajstić information content (AvgIpc) is 2.50. The SMILES string of the molecule is CC(=O)OCCN(CCO)CCCCCCN(CCO)CCO. The first kappa shape index (κ1) is 22.3. The molecule has 0 fully saturated rings. The standard InChI is InChI=1S/C16H34N2O5/c1-16(22)23-15-11-18(10-14-21)7-5-3-2-4-6-17(8-12-19)9-13-20/h19-21H,2-15H2,1H3. The summed E-state index contributed by atoms with van der Waals surface area (Å²) in [7, 11) is 0. The van der Waals surface area contributed by atoms with Crippen molar-refractivity contribution < 1.29 is 24.9 Å². The molecular formula is C16H34N2O5.